The molecular weight excluding hydrogens is 318 g/mol. The molecular formula is C24H31NO. The standard InChI is InChI=1S/C24H31NO/c1-2-3-4-5-6-7-8-9-12-19-26-24-14-11-10-13-23(24)22-17-15-21(20-25)16-18-22/h10-11,13-18H,2-9,12,19H2,1H3. The molecule has 0 unspecified atom stereocenters. The van der Waals surface area contributed by atoms with E-state index in [1.807, 2.05) is 42.5 Å². The highest BCUT2D eigenvalue weighted by molar-refractivity contribution is 5.70. The molecule has 0 heterocycles. The van der Waals surface area contributed by atoms with Gasteiger partial charge in [-0.05, 0) is 30.2 Å². The Hall–Kier alpha value is -2.27. The van der Waals surface area contributed by atoms with E-state index in [4.69, 9.17) is 10.00 Å². The zero-order valence-electron chi connectivity index (χ0n) is 16.0. The van der Waals surface area contributed by atoms with Crippen LogP contribution in [0.15, 0.2) is 48.5 Å². The molecule has 0 atom stereocenters. The van der Waals surface area contributed by atoms with Gasteiger partial charge < -0.3 is 4.74 Å². The van der Waals surface area contributed by atoms with Gasteiger partial charge in [0.2, 0.25) is 0 Å². The highest BCUT2D eigenvalue weighted by atomic mass is 16.5. The summed E-state index contributed by atoms with van der Waals surface area (Å²) in [5, 5.41) is 8.94. The number of benzene rings is 2. The Morgan fingerprint density at radius 2 is 1.38 bits per heavy atom. The summed E-state index contributed by atoms with van der Waals surface area (Å²) >= 11 is 0. The van der Waals surface area contributed by atoms with Crippen molar-refractivity contribution in [2.75, 3.05) is 6.61 Å². The molecule has 0 radical (unpaired) electrons. The van der Waals surface area contributed by atoms with Crippen LogP contribution in [-0.4, -0.2) is 6.61 Å². The van der Waals surface area contributed by atoms with Crippen LogP contribution in [0.4, 0.5) is 0 Å². The van der Waals surface area contributed by atoms with Gasteiger partial charge in [-0.2, -0.15) is 5.26 Å². The average Bonchev–Trinajstić information content (AvgIpc) is 2.70. The van der Waals surface area contributed by atoms with Crippen LogP contribution in [-0.2, 0) is 0 Å². The molecule has 2 heteroatoms. The number of rotatable bonds is 12. The molecule has 0 fully saturated rings. The molecule has 0 aliphatic heterocycles. The normalized spacial score (nSPS) is 10.5. The SMILES string of the molecule is CCCCCCCCCCCOc1ccccc1-c1ccc(C#N)cc1. The summed E-state index contributed by atoms with van der Waals surface area (Å²) in [5.74, 6) is 0.928. The largest absolute Gasteiger partial charge is 0.493 e. The summed E-state index contributed by atoms with van der Waals surface area (Å²) < 4.78 is 6.04. The van der Waals surface area contributed by atoms with Gasteiger partial charge in [-0.3, -0.25) is 0 Å². The molecule has 0 spiro atoms. The average molecular weight is 350 g/mol. The van der Waals surface area contributed by atoms with Gasteiger partial charge in [-0.1, -0.05) is 88.6 Å². The smallest absolute Gasteiger partial charge is 0.127 e. The van der Waals surface area contributed by atoms with Crippen molar-refractivity contribution in [3.63, 3.8) is 0 Å². The van der Waals surface area contributed by atoms with Gasteiger partial charge in [0.1, 0.15) is 5.75 Å². The van der Waals surface area contributed by atoms with Crippen molar-refractivity contribution in [1.29, 1.82) is 5.26 Å². The van der Waals surface area contributed by atoms with Crippen molar-refractivity contribution in [3.05, 3.63) is 54.1 Å². The lowest BCUT2D eigenvalue weighted by Gasteiger charge is -2.12. The van der Waals surface area contributed by atoms with Crippen LogP contribution in [0.1, 0.15) is 70.3 Å². The van der Waals surface area contributed by atoms with E-state index in [9.17, 15) is 0 Å². The zero-order valence-corrected chi connectivity index (χ0v) is 16.0. The highest BCUT2D eigenvalue weighted by Gasteiger charge is 2.05. The summed E-state index contributed by atoms with van der Waals surface area (Å²) in [5.41, 5.74) is 2.86. The van der Waals surface area contributed by atoms with Crippen molar-refractivity contribution in [1.82, 2.24) is 0 Å². The van der Waals surface area contributed by atoms with E-state index >= 15 is 0 Å². The van der Waals surface area contributed by atoms with Crippen LogP contribution in [0.25, 0.3) is 11.1 Å². The number of nitriles is 1. The molecule has 2 aromatic rings. The maximum absolute atomic E-state index is 8.94. The lowest BCUT2D eigenvalue weighted by atomic mass is 10.0. The fourth-order valence-corrected chi connectivity index (χ4v) is 3.15. The summed E-state index contributed by atoms with van der Waals surface area (Å²) in [4.78, 5) is 0. The maximum atomic E-state index is 8.94. The number of unbranched alkanes of at least 4 members (excludes halogenated alkanes) is 8. The summed E-state index contributed by atoms with van der Waals surface area (Å²) in [6.07, 6.45) is 11.9. The Labute approximate surface area is 158 Å². The quantitative estimate of drug-likeness (QED) is 0.382. The molecule has 0 saturated carbocycles. The van der Waals surface area contributed by atoms with Crippen LogP contribution >= 0.6 is 0 Å². The summed E-state index contributed by atoms with van der Waals surface area (Å²) in [6, 6.07) is 18.0. The van der Waals surface area contributed by atoms with E-state index in [0.29, 0.717) is 5.56 Å². The molecule has 138 valence electrons. The molecule has 2 aromatic carbocycles. The van der Waals surface area contributed by atoms with Gasteiger partial charge in [-0.25, -0.2) is 0 Å². The molecule has 0 aliphatic rings. The molecule has 0 aliphatic carbocycles. The Balaban J connectivity index is 1.72. The highest BCUT2D eigenvalue weighted by Crippen LogP contribution is 2.30. The third-order valence-corrected chi connectivity index (χ3v) is 4.72. The van der Waals surface area contributed by atoms with Crippen molar-refractivity contribution in [3.8, 4) is 22.9 Å². The van der Waals surface area contributed by atoms with Gasteiger partial charge in [0.25, 0.3) is 0 Å². The Bertz CT molecular complexity index is 669. The Morgan fingerprint density at radius 3 is 2.04 bits per heavy atom. The number of para-hydroxylation sites is 1. The first-order chi connectivity index (χ1) is 12.8. The Kier molecular flexibility index (Phi) is 9.36. The van der Waals surface area contributed by atoms with E-state index in [-0.39, 0.29) is 0 Å². The first-order valence-electron chi connectivity index (χ1n) is 10.1. The second kappa shape index (κ2) is 12.1. The molecule has 2 rings (SSSR count). The van der Waals surface area contributed by atoms with Gasteiger partial charge >= 0.3 is 0 Å². The molecule has 26 heavy (non-hydrogen) atoms. The molecule has 0 N–H and O–H groups in total. The Morgan fingerprint density at radius 1 is 0.769 bits per heavy atom. The van der Waals surface area contributed by atoms with Crippen molar-refractivity contribution >= 4 is 0 Å². The van der Waals surface area contributed by atoms with Gasteiger partial charge in [0.15, 0.2) is 0 Å². The lowest BCUT2D eigenvalue weighted by Crippen LogP contribution is -1.99. The first kappa shape index (κ1) is 20.0. The third-order valence-electron chi connectivity index (χ3n) is 4.72. The minimum atomic E-state index is 0.682. The second-order valence-corrected chi connectivity index (χ2v) is 6.86. The predicted molar refractivity (Wildman–Crippen MR) is 109 cm³/mol. The zero-order chi connectivity index (χ0) is 18.5. The minimum Gasteiger partial charge on any atom is -0.493 e. The third kappa shape index (κ3) is 6.92. The fourth-order valence-electron chi connectivity index (χ4n) is 3.15. The van der Waals surface area contributed by atoms with E-state index < -0.39 is 0 Å². The van der Waals surface area contributed by atoms with Gasteiger partial charge in [0, 0.05) is 5.56 Å². The molecule has 2 nitrogen and oxygen atoms in total. The number of hydrogen-bond donors (Lipinski definition) is 0. The van der Waals surface area contributed by atoms with Crippen molar-refractivity contribution in [2.45, 2.75) is 64.7 Å². The van der Waals surface area contributed by atoms with Crippen LogP contribution in [0.5, 0.6) is 5.75 Å². The monoisotopic (exact) mass is 349 g/mol. The fraction of sp³-hybridized carbons (Fsp3) is 0.458. The lowest BCUT2D eigenvalue weighted by molar-refractivity contribution is 0.305. The summed E-state index contributed by atoms with van der Waals surface area (Å²) in [7, 11) is 0. The minimum absolute atomic E-state index is 0.682. The van der Waals surface area contributed by atoms with Crippen molar-refractivity contribution in [2.24, 2.45) is 0 Å². The van der Waals surface area contributed by atoms with E-state index in [1.54, 1.807) is 0 Å². The first-order valence-corrected chi connectivity index (χ1v) is 10.1. The van der Waals surface area contributed by atoms with Crippen LogP contribution in [0.3, 0.4) is 0 Å². The second-order valence-electron chi connectivity index (χ2n) is 6.86. The van der Waals surface area contributed by atoms with Crippen LogP contribution in [0, 0.1) is 11.3 Å². The summed E-state index contributed by atoms with van der Waals surface area (Å²) in [6.45, 7) is 3.03. The molecule has 0 bridgehead atoms. The van der Waals surface area contributed by atoms with Crippen LogP contribution in [0.2, 0.25) is 0 Å². The molecule has 0 saturated heterocycles. The maximum Gasteiger partial charge on any atom is 0.127 e. The molecule has 0 amide bonds. The van der Waals surface area contributed by atoms with E-state index in [0.717, 1.165) is 29.9 Å². The van der Waals surface area contributed by atoms with Gasteiger partial charge in [-0.15, -0.1) is 0 Å². The van der Waals surface area contributed by atoms with E-state index in [1.165, 1.54) is 51.4 Å². The number of hydrogen-bond acceptors (Lipinski definition) is 2. The van der Waals surface area contributed by atoms with Gasteiger partial charge in [0.05, 0.1) is 18.2 Å². The van der Waals surface area contributed by atoms with Crippen LogP contribution < -0.4 is 4.74 Å². The van der Waals surface area contributed by atoms with Crippen molar-refractivity contribution < 1.29 is 4.74 Å². The predicted octanol–water partition coefficient (Wildman–Crippen LogP) is 7.13. The van der Waals surface area contributed by atoms with E-state index in [2.05, 4.69) is 19.1 Å². The number of ether oxygens (including phenoxy) is 1. The molecule has 0 aromatic heterocycles. The topological polar surface area (TPSA) is 33.0 Å². The number of nitrogens with zero attached hydrogens (tertiary/aromatic N) is 1.